The minimum Gasteiger partial charge on any atom is -0.496 e. The molecule has 2 aliphatic rings. The molecule has 1 saturated heterocycles. The molecular weight excluding hydrogens is 444 g/mol. The number of hydrogen-bond acceptors (Lipinski definition) is 8. The first kappa shape index (κ1) is 25.2. The summed E-state index contributed by atoms with van der Waals surface area (Å²) in [6, 6.07) is 2.00. The van der Waals surface area contributed by atoms with E-state index >= 15 is 0 Å². The standard InChI is InChI=1S/C23H32N4O7/c1-5-34-22(29)19-15(12-27-8-6-13(7-9-27)21(24)28)25-23(30)26-20(19)14-10-17(32-3)18(33-4)11-16(14)31-2/h10-11,13,20H,5-9,12H2,1-4H3,(H2,24,28)(H2,25,26,30)/t20-/m0/s1. The Morgan fingerprint density at radius 1 is 1.06 bits per heavy atom. The van der Waals surface area contributed by atoms with Gasteiger partial charge < -0.3 is 35.3 Å². The van der Waals surface area contributed by atoms with Crippen LogP contribution in [0.5, 0.6) is 17.2 Å². The summed E-state index contributed by atoms with van der Waals surface area (Å²) in [4.78, 5) is 39.3. The lowest BCUT2D eigenvalue weighted by Crippen LogP contribution is -2.49. The predicted octanol–water partition coefficient (Wildman–Crippen LogP) is 1.08. The average molecular weight is 477 g/mol. The number of nitrogens with two attached hydrogens (primary N) is 1. The van der Waals surface area contributed by atoms with Crippen molar-refractivity contribution in [1.82, 2.24) is 15.5 Å². The van der Waals surface area contributed by atoms with Crippen molar-refractivity contribution in [2.75, 3.05) is 47.6 Å². The fourth-order valence-corrected chi connectivity index (χ4v) is 4.30. The molecule has 1 fully saturated rings. The number of piperidine rings is 1. The van der Waals surface area contributed by atoms with Crippen LogP contribution in [0, 0.1) is 5.92 Å². The Morgan fingerprint density at radius 2 is 1.68 bits per heavy atom. The lowest BCUT2D eigenvalue weighted by Gasteiger charge is -2.35. The summed E-state index contributed by atoms with van der Waals surface area (Å²) in [7, 11) is 4.50. The van der Waals surface area contributed by atoms with Gasteiger partial charge in [0.2, 0.25) is 5.91 Å². The van der Waals surface area contributed by atoms with Crippen molar-refractivity contribution in [2.45, 2.75) is 25.8 Å². The third-order valence-electron chi connectivity index (χ3n) is 6.07. The second kappa shape index (κ2) is 11.1. The molecule has 11 nitrogen and oxygen atoms in total. The van der Waals surface area contributed by atoms with E-state index in [-0.39, 0.29) is 24.0 Å². The lowest BCUT2D eigenvalue weighted by molar-refractivity contribution is -0.139. The number of ether oxygens (including phenoxy) is 4. The van der Waals surface area contributed by atoms with Crippen LogP contribution < -0.4 is 30.6 Å². The van der Waals surface area contributed by atoms with E-state index in [1.807, 2.05) is 0 Å². The van der Waals surface area contributed by atoms with Gasteiger partial charge in [-0.2, -0.15) is 0 Å². The molecule has 11 heteroatoms. The predicted molar refractivity (Wildman–Crippen MR) is 123 cm³/mol. The zero-order chi connectivity index (χ0) is 24.8. The number of hydrogen-bond donors (Lipinski definition) is 3. The Labute approximate surface area is 198 Å². The Hall–Kier alpha value is -3.47. The first-order chi connectivity index (χ1) is 16.3. The van der Waals surface area contributed by atoms with Crippen molar-refractivity contribution in [3.05, 3.63) is 29.0 Å². The highest BCUT2D eigenvalue weighted by atomic mass is 16.5. The van der Waals surface area contributed by atoms with Crippen molar-refractivity contribution < 1.29 is 33.3 Å². The summed E-state index contributed by atoms with van der Waals surface area (Å²) >= 11 is 0. The third kappa shape index (κ3) is 5.36. The van der Waals surface area contributed by atoms with Gasteiger partial charge in [0.05, 0.1) is 39.6 Å². The van der Waals surface area contributed by atoms with E-state index < -0.39 is 18.0 Å². The van der Waals surface area contributed by atoms with Gasteiger partial charge in [-0.3, -0.25) is 9.69 Å². The fraction of sp³-hybridized carbons (Fsp3) is 0.522. The summed E-state index contributed by atoms with van der Waals surface area (Å²) in [5.74, 6) is 0.252. The van der Waals surface area contributed by atoms with Gasteiger partial charge in [-0.05, 0) is 38.9 Å². The number of nitrogens with zero attached hydrogens (tertiary/aromatic N) is 1. The summed E-state index contributed by atoms with van der Waals surface area (Å²) < 4.78 is 21.7. The van der Waals surface area contributed by atoms with Crippen LogP contribution in [0.3, 0.4) is 0 Å². The maximum absolute atomic E-state index is 13.1. The summed E-state index contributed by atoms with van der Waals surface area (Å²) in [6.45, 7) is 3.41. The summed E-state index contributed by atoms with van der Waals surface area (Å²) in [5, 5.41) is 5.58. The second-order valence-corrected chi connectivity index (χ2v) is 8.05. The van der Waals surface area contributed by atoms with Gasteiger partial charge in [-0.25, -0.2) is 9.59 Å². The van der Waals surface area contributed by atoms with Crippen LogP contribution in [0.25, 0.3) is 0 Å². The molecule has 3 rings (SSSR count). The van der Waals surface area contributed by atoms with E-state index in [0.717, 1.165) is 0 Å². The van der Waals surface area contributed by atoms with E-state index in [0.29, 0.717) is 61.0 Å². The first-order valence-corrected chi connectivity index (χ1v) is 11.1. The highest BCUT2D eigenvalue weighted by Gasteiger charge is 2.37. The SMILES string of the molecule is CCOC(=O)C1=C(CN2CCC(C(N)=O)CC2)NC(=O)N[C@H]1c1cc(OC)c(OC)cc1OC. The topological polar surface area (TPSA) is 141 Å². The van der Waals surface area contributed by atoms with Gasteiger partial charge >= 0.3 is 12.0 Å². The number of primary amides is 1. The lowest BCUT2D eigenvalue weighted by atomic mass is 9.92. The van der Waals surface area contributed by atoms with Gasteiger partial charge in [0.1, 0.15) is 5.75 Å². The molecule has 0 saturated carbocycles. The van der Waals surface area contributed by atoms with Crippen molar-refractivity contribution in [3.8, 4) is 17.2 Å². The van der Waals surface area contributed by atoms with Gasteiger partial charge in [0.25, 0.3) is 0 Å². The van der Waals surface area contributed by atoms with Crippen LogP contribution in [-0.4, -0.2) is 70.4 Å². The molecule has 3 amide bonds. The summed E-state index contributed by atoms with van der Waals surface area (Å²) in [6.07, 6.45) is 1.24. The minimum absolute atomic E-state index is 0.166. The number of carbonyl (C=O) groups excluding carboxylic acids is 3. The highest BCUT2D eigenvalue weighted by Crippen LogP contribution is 2.41. The smallest absolute Gasteiger partial charge is 0.338 e. The Kier molecular flexibility index (Phi) is 8.21. The molecule has 186 valence electrons. The summed E-state index contributed by atoms with van der Waals surface area (Å²) in [5.41, 5.74) is 6.66. The quantitative estimate of drug-likeness (QED) is 0.450. The van der Waals surface area contributed by atoms with Gasteiger partial charge in [0, 0.05) is 29.8 Å². The zero-order valence-corrected chi connectivity index (χ0v) is 19.9. The van der Waals surface area contributed by atoms with Crippen LogP contribution in [0.4, 0.5) is 4.79 Å². The van der Waals surface area contributed by atoms with Gasteiger partial charge in [0.15, 0.2) is 11.5 Å². The number of carbonyl (C=O) groups is 3. The maximum atomic E-state index is 13.1. The first-order valence-electron chi connectivity index (χ1n) is 11.1. The molecule has 0 radical (unpaired) electrons. The minimum atomic E-state index is -0.847. The van der Waals surface area contributed by atoms with Crippen LogP contribution in [-0.2, 0) is 14.3 Å². The molecule has 2 heterocycles. The van der Waals surface area contributed by atoms with Crippen LogP contribution in [0.1, 0.15) is 31.4 Å². The maximum Gasteiger partial charge on any atom is 0.338 e. The largest absolute Gasteiger partial charge is 0.496 e. The number of rotatable bonds is 9. The molecule has 1 atom stereocenters. The Bertz CT molecular complexity index is 970. The van der Waals surface area contributed by atoms with Crippen LogP contribution >= 0.6 is 0 Å². The molecule has 0 spiro atoms. The number of esters is 1. The van der Waals surface area contributed by atoms with Gasteiger partial charge in [-0.15, -0.1) is 0 Å². The number of benzene rings is 1. The van der Waals surface area contributed by atoms with Crippen LogP contribution in [0.2, 0.25) is 0 Å². The van der Waals surface area contributed by atoms with E-state index in [2.05, 4.69) is 15.5 Å². The molecule has 0 aromatic heterocycles. The second-order valence-electron chi connectivity index (χ2n) is 8.05. The van der Waals surface area contributed by atoms with Crippen LogP contribution in [0.15, 0.2) is 23.4 Å². The highest BCUT2D eigenvalue weighted by molar-refractivity contribution is 5.95. The average Bonchev–Trinajstić information content (AvgIpc) is 2.83. The third-order valence-corrected chi connectivity index (χ3v) is 6.07. The normalized spacial score (nSPS) is 19.2. The number of nitrogens with one attached hydrogen (secondary N) is 2. The van der Waals surface area contributed by atoms with E-state index in [9.17, 15) is 14.4 Å². The molecule has 0 unspecified atom stereocenters. The van der Waals surface area contributed by atoms with E-state index in [1.165, 1.54) is 21.3 Å². The van der Waals surface area contributed by atoms with E-state index in [1.54, 1.807) is 19.1 Å². The van der Waals surface area contributed by atoms with Crippen molar-refractivity contribution in [3.63, 3.8) is 0 Å². The molecule has 1 aromatic rings. The number of urea groups is 1. The Balaban J connectivity index is 2.03. The zero-order valence-electron chi connectivity index (χ0n) is 19.9. The number of methoxy groups -OCH3 is 3. The van der Waals surface area contributed by atoms with Crippen molar-refractivity contribution in [2.24, 2.45) is 11.7 Å². The molecular formula is C23H32N4O7. The van der Waals surface area contributed by atoms with Crippen molar-refractivity contribution >= 4 is 17.9 Å². The molecule has 34 heavy (non-hydrogen) atoms. The van der Waals surface area contributed by atoms with Gasteiger partial charge in [-0.1, -0.05) is 0 Å². The number of amides is 3. The van der Waals surface area contributed by atoms with E-state index in [4.69, 9.17) is 24.7 Å². The molecule has 0 aliphatic carbocycles. The fourth-order valence-electron chi connectivity index (χ4n) is 4.30. The molecule has 4 N–H and O–H groups in total. The number of likely N-dealkylation sites (tertiary alicyclic amines) is 1. The molecule has 1 aromatic carbocycles. The molecule has 2 aliphatic heterocycles. The van der Waals surface area contributed by atoms with Crippen molar-refractivity contribution in [1.29, 1.82) is 0 Å². The monoisotopic (exact) mass is 476 g/mol. The Morgan fingerprint density at radius 3 is 2.24 bits per heavy atom. The molecule has 0 bridgehead atoms.